The highest BCUT2D eigenvalue weighted by molar-refractivity contribution is 6.35. The van der Waals surface area contributed by atoms with Gasteiger partial charge in [-0.2, -0.15) is 0 Å². The molecule has 0 unspecified atom stereocenters. The zero-order valence-electron chi connectivity index (χ0n) is 14.4. The van der Waals surface area contributed by atoms with Gasteiger partial charge < -0.3 is 14.5 Å². The summed E-state index contributed by atoms with van der Waals surface area (Å²) in [7, 11) is 0. The number of hydrogen-bond acceptors (Lipinski definition) is 5. The molecule has 1 N–H and O–H groups in total. The highest BCUT2D eigenvalue weighted by Crippen LogP contribution is 2.22. The van der Waals surface area contributed by atoms with Gasteiger partial charge in [-0.3, -0.25) is 9.59 Å². The summed E-state index contributed by atoms with van der Waals surface area (Å²) in [5, 5.41) is 3.38. The van der Waals surface area contributed by atoms with E-state index in [1.807, 2.05) is 18.2 Å². The van der Waals surface area contributed by atoms with Crippen LogP contribution in [0.4, 0.5) is 5.69 Å². The summed E-state index contributed by atoms with van der Waals surface area (Å²) in [6, 6.07) is 12.0. The van der Waals surface area contributed by atoms with E-state index in [2.05, 4.69) is 10.3 Å². The van der Waals surface area contributed by atoms with Gasteiger partial charge in [0.05, 0.1) is 6.42 Å². The maximum absolute atomic E-state index is 12.2. The van der Waals surface area contributed by atoms with Gasteiger partial charge in [-0.25, -0.2) is 4.98 Å². The van der Waals surface area contributed by atoms with Crippen LogP contribution in [0.2, 0.25) is 10.0 Å². The Morgan fingerprint density at radius 1 is 1.19 bits per heavy atom. The van der Waals surface area contributed by atoms with Crippen LogP contribution in [-0.2, 0) is 20.7 Å². The number of oxazole rings is 1. The lowest BCUT2D eigenvalue weighted by molar-refractivity contribution is -0.153. The van der Waals surface area contributed by atoms with Crippen molar-refractivity contribution in [2.24, 2.45) is 0 Å². The molecule has 1 atom stereocenters. The van der Waals surface area contributed by atoms with Crippen LogP contribution in [0.15, 0.2) is 46.9 Å². The molecule has 1 aromatic heterocycles. The molecule has 0 aliphatic heterocycles. The van der Waals surface area contributed by atoms with Crippen molar-refractivity contribution in [3.05, 3.63) is 58.4 Å². The van der Waals surface area contributed by atoms with E-state index in [1.54, 1.807) is 24.3 Å². The molecule has 0 aliphatic rings. The fourth-order valence-corrected chi connectivity index (χ4v) is 2.94. The van der Waals surface area contributed by atoms with Crippen molar-refractivity contribution < 1.29 is 18.7 Å². The van der Waals surface area contributed by atoms with Gasteiger partial charge >= 0.3 is 5.97 Å². The van der Waals surface area contributed by atoms with Gasteiger partial charge in [-0.15, -0.1) is 0 Å². The number of rotatable bonds is 6. The first-order valence-electron chi connectivity index (χ1n) is 8.21. The average Bonchev–Trinajstić information content (AvgIpc) is 3.02. The Labute approximate surface area is 165 Å². The smallest absolute Gasteiger partial charge is 0.307 e. The van der Waals surface area contributed by atoms with Crippen LogP contribution in [0.25, 0.3) is 11.1 Å². The molecule has 0 saturated heterocycles. The highest BCUT2D eigenvalue weighted by Gasteiger charge is 2.19. The molecule has 27 heavy (non-hydrogen) atoms. The Morgan fingerprint density at radius 3 is 2.59 bits per heavy atom. The van der Waals surface area contributed by atoms with Crippen LogP contribution in [0.5, 0.6) is 0 Å². The molecule has 1 amide bonds. The Balaban J connectivity index is 1.51. The molecular formula is C19H16Cl2N2O4. The van der Waals surface area contributed by atoms with Crippen LogP contribution in [0, 0.1) is 0 Å². The molecule has 2 aromatic carbocycles. The van der Waals surface area contributed by atoms with Crippen molar-refractivity contribution in [1.82, 2.24) is 4.98 Å². The van der Waals surface area contributed by atoms with Gasteiger partial charge in [0.25, 0.3) is 5.91 Å². The lowest BCUT2D eigenvalue weighted by Crippen LogP contribution is -2.30. The highest BCUT2D eigenvalue weighted by atomic mass is 35.5. The summed E-state index contributed by atoms with van der Waals surface area (Å²) in [4.78, 5) is 28.4. The minimum Gasteiger partial charge on any atom is -0.453 e. The number of benzene rings is 2. The summed E-state index contributed by atoms with van der Waals surface area (Å²) in [5.74, 6) is -0.564. The standard InChI is InChI=1S/C19H16Cl2N2O4/c1-11(19(25)22-14-9-12(20)8-13(21)10-14)26-18(24)7-6-17-23-15-4-2-3-5-16(15)27-17/h2-5,8-11H,6-7H2,1H3,(H,22,25)/t11-/m0/s1. The summed E-state index contributed by atoms with van der Waals surface area (Å²) >= 11 is 11.8. The van der Waals surface area contributed by atoms with Crippen LogP contribution in [0.1, 0.15) is 19.2 Å². The lowest BCUT2D eigenvalue weighted by Gasteiger charge is -2.13. The van der Waals surface area contributed by atoms with Crippen molar-refractivity contribution in [3.63, 3.8) is 0 Å². The molecule has 0 radical (unpaired) electrons. The zero-order chi connectivity index (χ0) is 19.4. The molecule has 140 valence electrons. The van der Waals surface area contributed by atoms with Gasteiger partial charge in [0.2, 0.25) is 0 Å². The minimum absolute atomic E-state index is 0.0490. The average molecular weight is 407 g/mol. The number of carbonyl (C=O) groups excluding carboxylic acids is 2. The molecule has 0 aliphatic carbocycles. The predicted octanol–water partition coefficient (Wildman–Crippen LogP) is 4.64. The molecule has 6 nitrogen and oxygen atoms in total. The molecule has 3 rings (SSSR count). The molecule has 0 fully saturated rings. The second-order valence-electron chi connectivity index (χ2n) is 5.85. The third kappa shape index (κ3) is 5.21. The first-order valence-corrected chi connectivity index (χ1v) is 8.97. The molecule has 3 aromatic rings. The number of hydrogen-bond donors (Lipinski definition) is 1. The summed E-state index contributed by atoms with van der Waals surface area (Å²) in [5.41, 5.74) is 1.81. The van der Waals surface area contributed by atoms with E-state index in [4.69, 9.17) is 32.4 Å². The third-order valence-corrected chi connectivity index (χ3v) is 4.13. The summed E-state index contributed by atoms with van der Waals surface area (Å²) in [6.07, 6.45) is -0.641. The number of nitrogens with zero attached hydrogens (tertiary/aromatic N) is 1. The number of ether oxygens (including phenoxy) is 1. The first kappa shape index (κ1) is 19.2. The number of halogens is 2. The fraction of sp³-hybridized carbons (Fsp3) is 0.211. The first-order chi connectivity index (χ1) is 12.9. The van der Waals surface area contributed by atoms with Crippen molar-refractivity contribution in [2.75, 3.05) is 5.32 Å². The maximum atomic E-state index is 12.2. The SMILES string of the molecule is C[C@H](OC(=O)CCc1nc2ccccc2o1)C(=O)Nc1cc(Cl)cc(Cl)c1. The maximum Gasteiger partial charge on any atom is 0.307 e. The third-order valence-electron chi connectivity index (χ3n) is 3.69. The van der Waals surface area contributed by atoms with E-state index in [1.165, 1.54) is 6.92 Å². The van der Waals surface area contributed by atoms with Crippen LogP contribution in [-0.4, -0.2) is 23.0 Å². The Kier molecular flexibility index (Phi) is 5.98. The van der Waals surface area contributed by atoms with E-state index in [-0.39, 0.29) is 12.8 Å². The summed E-state index contributed by atoms with van der Waals surface area (Å²) < 4.78 is 10.7. The number of fused-ring (bicyclic) bond motifs is 1. The Bertz CT molecular complexity index is 934. The van der Waals surface area contributed by atoms with E-state index in [9.17, 15) is 9.59 Å². The summed E-state index contributed by atoms with van der Waals surface area (Å²) in [6.45, 7) is 1.48. The van der Waals surface area contributed by atoms with Crippen LogP contribution < -0.4 is 5.32 Å². The van der Waals surface area contributed by atoms with E-state index in [0.717, 1.165) is 5.52 Å². The topological polar surface area (TPSA) is 81.4 Å². The minimum atomic E-state index is -0.973. The van der Waals surface area contributed by atoms with Gasteiger partial charge in [0.15, 0.2) is 17.6 Å². The Hall–Kier alpha value is -2.57. The van der Waals surface area contributed by atoms with Gasteiger partial charge in [-0.05, 0) is 37.3 Å². The number of carbonyl (C=O) groups is 2. The molecule has 0 spiro atoms. The van der Waals surface area contributed by atoms with E-state index in [0.29, 0.717) is 27.2 Å². The Morgan fingerprint density at radius 2 is 1.89 bits per heavy atom. The van der Waals surface area contributed by atoms with Crippen LogP contribution >= 0.6 is 23.2 Å². The van der Waals surface area contributed by atoms with E-state index < -0.39 is 18.0 Å². The number of aryl methyl sites for hydroxylation is 1. The second-order valence-corrected chi connectivity index (χ2v) is 6.73. The van der Waals surface area contributed by atoms with Crippen molar-refractivity contribution in [3.8, 4) is 0 Å². The molecule has 0 bridgehead atoms. The largest absolute Gasteiger partial charge is 0.453 e. The van der Waals surface area contributed by atoms with Gasteiger partial charge in [-0.1, -0.05) is 35.3 Å². The quantitative estimate of drug-likeness (QED) is 0.603. The van der Waals surface area contributed by atoms with Crippen molar-refractivity contribution in [2.45, 2.75) is 25.9 Å². The molecule has 0 saturated carbocycles. The monoisotopic (exact) mass is 406 g/mol. The van der Waals surface area contributed by atoms with Crippen molar-refractivity contribution in [1.29, 1.82) is 0 Å². The predicted molar refractivity (Wildman–Crippen MR) is 103 cm³/mol. The zero-order valence-corrected chi connectivity index (χ0v) is 15.9. The number of aromatic nitrogens is 1. The number of esters is 1. The normalized spacial score (nSPS) is 12.0. The van der Waals surface area contributed by atoms with Gasteiger partial charge in [0, 0.05) is 22.2 Å². The number of anilines is 1. The fourth-order valence-electron chi connectivity index (χ4n) is 2.42. The molecule has 1 heterocycles. The number of para-hydroxylation sites is 2. The van der Waals surface area contributed by atoms with Gasteiger partial charge in [0.1, 0.15) is 5.52 Å². The van der Waals surface area contributed by atoms with Crippen LogP contribution in [0.3, 0.4) is 0 Å². The number of nitrogens with one attached hydrogen (secondary N) is 1. The lowest BCUT2D eigenvalue weighted by atomic mass is 10.3. The van der Waals surface area contributed by atoms with E-state index >= 15 is 0 Å². The second kappa shape index (κ2) is 8.41. The van der Waals surface area contributed by atoms with Crippen molar-refractivity contribution >= 4 is 51.9 Å². The molecule has 8 heteroatoms. The number of amides is 1. The molecular weight excluding hydrogens is 391 g/mol.